The molecular formula is C16H18O9. The van der Waals surface area contributed by atoms with Gasteiger partial charge in [-0.1, -0.05) is 6.07 Å². The number of carbonyl (C=O) groups excluding carboxylic acids is 1. The summed E-state index contributed by atoms with van der Waals surface area (Å²) in [5.41, 5.74) is -1.43. The van der Waals surface area contributed by atoms with Crippen molar-refractivity contribution in [2.24, 2.45) is 0 Å². The Morgan fingerprint density at radius 3 is 2.56 bits per heavy atom. The number of carboxylic acids is 1. The lowest BCUT2D eigenvalue weighted by atomic mass is 9.92. The topological polar surface area (TPSA) is 154 Å². The number of benzene rings is 1. The van der Waals surface area contributed by atoms with Crippen LogP contribution in [-0.4, -0.2) is 61.6 Å². The summed E-state index contributed by atoms with van der Waals surface area (Å²) in [5, 5.41) is 47.3. The van der Waals surface area contributed by atoms with Gasteiger partial charge in [0.2, 0.25) is 6.29 Å². The lowest BCUT2D eigenvalue weighted by Gasteiger charge is -2.40. The van der Waals surface area contributed by atoms with Crippen molar-refractivity contribution in [2.75, 3.05) is 0 Å². The number of phenols is 2. The molecule has 136 valence electrons. The molecule has 5 N–H and O–H groups in total. The van der Waals surface area contributed by atoms with E-state index >= 15 is 0 Å². The number of phenolic OH excluding ortho intramolecular Hbond substituents is 2. The lowest BCUT2D eigenvalue weighted by molar-refractivity contribution is -0.282. The van der Waals surface area contributed by atoms with Crippen molar-refractivity contribution in [1.82, 2.24) is 0 Å². The zero-order valence-electron chi connectivity index (χ0n) is 13.2. The number of hydrogen-bond donors (Lipinski definition) is 5. The summed E-state index contributed by atoms with van der Waals surface area (Å²) in [5.74, 6) is -3.02. The van der Waals surface area contributed by atoms with Gasteiger partial charge in [-0.25, -0.2) is 9.59 Å². The molecule has 0 bridgehead atoms. The van der Waals surface area contributed by atoms with Crippen LogP contribution in [0.25, 0.3) is 6.08 Å². The van der Waals surface area contributed by atoms with Gasteiger partial charge in [0.15, 0.2) is 17.1 Å². The number of aliphatic hydroxyl groups is 2. The number of carboxylic acid groups (broad SMARTS) is 1. The maximum Gasteiger partial charge on any atom is 0.335 e. The van der Waals surface area contributed by atoms with E-state index in [1.54, 1.807) is 0 Å². The maximum atomic E-state index is 11.8. The first kappa shape index (κ1) is 18.7. The maximum absolute atomic E-state index is 11.8. The van der Waals surface area contributed by atoms with E-state index in [-0.39, 0.29) is 17.9 Å². The van der Waals surface area contributed by atoms with E-state index in [4.69, 9.17) is 14.6 Å². The summed E-state index contributed by atoms with van der Waals surface area (Å²) in [6.45, 7) is 1.19. The summed E-state index contributed by atoms with van der Waals surface area (Å²) in [4.78, 5) is 23.0. The van der Waals surface area contributed by atoms with Crippen LogP contribution < -0.4 is 0 Å². The monoisotopic (exact) mass is 354 g/mol. The number of aliphatic carboxylic acids is 1. The predicted molar refractivity (Wildman–Crippen MR) is 82.4 cm³/mol. The van der Waals surface area contributed by atoms with Crippen LogP contribution in [0.1, 0.15) is 18.9 Å². The minimum absolute atomic E-state index is 0.319. The summed E-state index contributed by atoms with van der Waals surface area (Å²) < 4.78 is 9.98. The average molecular weight is 354 g/mol. The summed E-state index contributed by atoms with van der Waals surface area (Å²) in [7, 11) is 0. The van der Waals surface area contributed by atoms with Crippen molar-refractivity contribution >= 4 is 18.0 Å². The number of carbonyl (C=O) groups is 2. The van der Waals surface area contributed by atoms with E-state index < -0.39 is 36.0 Å². The van der Waals surface area contributed by atoms with E-state index in [9.17, 15) is 30.0 Å². The van der Waals surface area contributed by atoms with Gasteiger partial charge in [0.05, 0.1) is 6.10 Å². The van der Waals surface area contributed by atoms with E-state index in [1.807, 2.05) is 0 Å². The minimum atomic E-state index is -1.81. The highest BCUT2D eigenvalue weighted by molar-refractivity contribution is 5.87. The molecule has 0 amide bonds. The fourth-order valence-corrected chi connectivity index (χ4v) is 2.27. The predicted octanol–water partition coefficient (Wildman–Crippen LogP) is -0.0343. The lowest BCUT2D eigenvalue weighted by Crippen LogP contribution is -2.57. The first-order valence-electron chi connectivity index (χ1n) is 7.30. The smallest absolute Gasteiger partial charge is 0.335 e. The molecule has 1 heterocycles. The summed E-state index contributed by atoms with van der Waals surface area (Å²) >= 11 is 0. The Kier molecular flexibility index (Phi) is 5.31. The molecule has 1 aromatic carbocycles. The van der Waals surface area contributed by atoms with Crippen LogP contribution >= 0.6 is 0 Å². The molecule has 25 heavy (non-hydrogen) atoms. The number of ether oxygens (including phenoxy) is 2. The van der Waals surface area contributed by atoms with Crippen molar-refractivity contribution < 1.29 is 44.6 Å². The molecular weight excluding hydrogens is 336 g/mol. The van der Waals surface area contributed by atoms with E-state index in [0.29, 0.717) is 5.56 Å². The molecule has 0 aromatic heterocycles. The Hall–Kier alpha value is -2.62. The van der Waals surface area contributed by atoms with Crippen molar-refractivity contribution in [1.29, 1.82) is 0 Å². The molecule has 1 aliphatic rings. The molecule has 4 unspecified atom stereocenters. The molecule has 0 radical (unpaired) electrons. The van der Waals surface area contributed by atoms with Gasteiger partial charge in [-0.3, -0.25) is 0 Å². The highest BCUT2D eigenvalue weighted by atomic mass is 16.7. The Bertz CT molecular complexity index is 699. The largest absolute Gasteiger partial charge is 0.504 e. The third-order valence-corrected chi connectivity index (χ3v) is 3.74. The highest BCUT2D eigenvalue weighted by Gasteiger charge is 2.49. The third kappa shape index (κ3) is 4.27. The van der Waals surface area contributed by atoms with Crippen molar-refractivity contribution in [3.05, 3.63) is 29.8 Å². The molecule has 9 heteroatoms. The normalized spacial score (nSPS) is 29.5. The number of rotatable bonds is 4. The molecule has 0 spiro atoms. The van der Waals surface area contributed by atoms with E-state index in [2.05, 4.69) is 0 Å². The summed E-state index contributed by atoms with van der Waals surface area (Å²) in [6, 6.07) is 3.86. The second-order valence-electron chi connectivity index (χ2n) is 5.80. The van der Waals surface area contributed by atoms with Crippen LogP contribution in [0.2, 0.25) is 0 Å². The van der Waals surface area contributed by atoms with Gasteiger partial charge in [0, 0.05) is 12.5 Å². The molecule has 0 aliphatic carbocycles. The Morgan fingerprint density at radius 1 is 1.28 bits per heavy atom. The zero-order valence-corrected chi connectivity index (χ0v) is 13.2. The Morgan fingerprint density at radius 2 is 1.96 bits per heavy atom. The number of aliphatic hydroxyl groups excluding tert-OH is 2. The van der Waals surface area contributed by atoms with Gasteiger partial charge in [-0.05, 0) is 30.7 Å². The second kappa shape index (κ2) is 7.09. The van der Waals surface area contributed by atoms with Gasteiger partial charge in [-0.2, -0.15) is 0 Å². The van der Waals surface area contributed by atoms with Crippen LogP contribution in [0.3, 0.4) is 0 Å². The molecule has 0 saturated carbocycles. The van der Waals surface area contributed by atoms with Gasteiger partial charge in [-0.15, -0.1) is 0 Å². The average Bonchev–Trinajstić information content (AvgIpc) is 2.53. The highest BCUT2D eigenvalue weighted by Crippen LogP contribution is 2.30. The van der Waals surface area contributed by atoms with Gasteiger partial charge in [0.25, 0.3) is 0 Å². The summed E-state index contributed by atoms with van der Waals surface area (Å²) in [6.07, 6.45) is -2.83. The standard InChI is InChI=1S/C16H18O9/c1-16(15(22)23)7-11(19)13(21)14(25-16)24-12(20)5-3-8-2-4-9(17)10(18)6-8/h2-6,11,13-14,17-19,21H,7H2,1H3,(H,22,23). The molecule has 2 rings (SSSR count). The van der Waals surface area contributed by atoms with Crippen LogP contribution in [0.5, 0.6) is 11.5 Å². The van der Waals surface area contributed by atoms with E-state index in [0.717, 1.165) is 6.08 Å². The Labute approximate surface area is 142 Å². The van der Waals surface area contributed by atoms with Crippen molar-refractivity contribution in [2.45, 2.75) is 37.4 Å². The molecule has 1 aromatic rings. The minimum Gasteiger partial charge on any atom is -0.504 e. The fourth-order valence-electron chi connectivity index (χ4n) is 2.27. The zero-order chi connectivity index (χ0) is 18.8. The quantitative estimate of drug-likeness (QED) is 0.285. The first-order chi connectivity index (χ1) is 11.6. The van der Waals surface area contributed by atoms with Crippen molar-refractivity contribution in [3.8, 4) is 11.5 Å². The first-order valence-corrected chi connectivity index (χ1v) is 7.30. The fraction of sp³-hybridized carbons (Fsp3) is 0.375. The Balaban J connectivity index is 2.06. The van der Waals surface area contributed by atoms with Gasteiger partial charge < -0.3 is 35.0 Å². The van der Waals surface area contributed by atoms with Crippen LogP contribution in [0.4, 0.5) is 0 Å². The van der Waals surface area contributed by atoms with Gasteiger partial charge in [0.1, 0.15) is 6.10 Å². The molecule has 9 nitrogen and oxygen atoms in total. The third-order valence-electron chi connectivity index (χ3n) is 3.74. The number of hydrogen-bond acceptors (Lipinski definition) is 8. The number of esters is 1. The van der Waals surface area contributed by atoms with E-state index in [1.165, 1.54) is 31.2 Å². The van der Waals surface area contributed by atoms with Crippen LogP contribution in [-0.2, 0) is 19.1 Å². The molecule has 1 aliphatic heterocycles. The van der Waals surface area contributed by atoms with Crippen LogP contribution in [0, 0.1) is 0 Å². The van der Waals surface area contributed by atoms with Crippen LogP contribution in [0.15, 0.2) is 24.3 Å². The SMILES string of the molecule is CC1(C(=O)O)CC(O)C(O)C(OC(=O)C=Cc2ccc(O)c(O)c2)O1. The molecule has 1 fully saturated rings. The second-order valence-corrected chi connectivity index (χ2v) is 5.80. The van der Waals surface area contributed by atoms with Crippen molar-refractivity contribution in [3.63, 3.8) is 0 Å². The number of aromatic hydroxyl groups is 2. The molecule has 1 saturated heterocycles. The van der Waals surface area contributed by atoms with Gasteiger partial charge >= 0.3 is 11.9 Å². The molecule has 4 atom stereocenters.